The molecule has 0 heterocycles. The van der Waals surface area contributed by atoms with Crippen LogP contribution in [0.4, 0.5) is 0 Å². The molecule has 0 aliphatic heterocycles. The van der Waals surface area contributed by atoms with Crippen molar-refractivity contribution >= 4 is 0 Å². The minimum atomic E-state index is -1.84. The largest absolute Gasteiger partial charge is 0.413 e. The molecule has 102 valence electrons. The topological polar surface area (TPSA) is 97.6 Å². The summed E-state index contributed by atoms with van der Waals surface area (Å²) >= 11 is 0. The number of rotatable bonds is 12. The zero-order chi connectivity index (χ0) is 13.0. The summed E-state index contributed by atoms with van der Waals surface area (Å²) in [5, 5.41) is 26.1. The standard InChI is InChI=1S/C10H20O7/c1-2-6-14-10(15-7-3-11,16-8-4-12)17-9-5-13/h2,11-13H,1,3-9H2. The first kappa shape index (κ1) is 16.5. The molecule has 0 unspecified atom stereocenters. The molecule has 7 heteroatoms. The summed E-state index contributed by atoms with van der Waals surface area (Å²) in [5.74, 6) is 0. The van der Waals surface area contributed by atoms with Gasteiger partial charge in [0, 0.05) is 0 Å². The van der Waals surface area contributed by atoms with Gasteiger partial charge in [0.2, 0.25) is 0 Å². The molecule has 0 fully saturated rings. The first-order valence-corrected chi connectivity index (χ1v) is 5.24. The molecular formula is C10H20O7. The van der Waals surface area contributed by atoms with E-state index in [2.05, 4.69) is 6.58 Å². The van der Waals surface area contributed by atoms with E-state index in [9.17, 15) is 0 Å². The molecule has 0 aromatic rings. The lowest BCUT2D eigenvalue weighted by Gasteiger charge is -2.31. The average Bonchev–Trinajstić information content (AvgIpc) is 2.37. The van der Waals surface area contributed by atoms with Gasteiger partial charge >= 0.3 is 6.16 Å². The van der Waals surface area contributed by atoms with E-state index in [0.29, 0.717) is 0 Å². The molecule has 3 N–H and O–H groups in total. The van der Waals surface area contributed by atoms with Crippen LogP contribution in [0.2, 0.25) is 0 Å². The highest BCUT2D eigenvalue weighted by Crippen LogP contribution is 2.17. The number of aliphatic hydroxyl groups excluding tert-OH is 3. The van der Waals surface area contributed by atoms with Gasteiger partial charge in [-0.25, -0.2) is 0 Å². The Balaban J connectivity index is 4.44. The van der Waals surface area contributed by atoms with Gasteiger partial charge in [0.15, 0.2) is 0 Å². The van der Waals surface area contributed by atoms with Crippen molar-refractivity contribution in [3.8, 4) is 0 Å². The summed E-state index contributed by atoms with van der Waals surface area (Å²) in [5.41, 5.74) is 0. The molecule has 0 aliphatic rings. The fraction of sp³-hybridized carbons (Fsp3) is 0.800. The highest BCUT2D eigenvalue weighted by atomic mass is 17.0. The van der Waals surface area contributed by atoms with Crippen molar-refractivity contribution in [1.82, 2.24) is 0 Å². The molecule has 0 saturated carbocycles. The monoisotopic (exact) mass is 252 g/mol. The van der Waals surface area contributed by atoms with Crippen LogP contribution in [0.1, 0.15) is 0 Å². The number of hydrogen-bond donors (Lipinski definition) is 3. The Morgan fingerprint density at radius 3 is 1.53 bits per heavy atom. The molecule has 0 aliphatic carbocycles. The van der Waals surface area contributed by atoms with Gasteiger partial charge in [0.1, 0.15) is 0 Å². The third-order valence-electron chi connectivity index (χ3n) is 1.49. The fourth-order valence-corrected chi connectivity index (χ4v) is 0.923. The lowest BCUT2D eigenvalue weighted by molar-refractivity contribution is -0.498. The number of hydrogen-bond acceptors (Lipinski definition) is 7. The van der Waals surface area contributed by atoms with Crippen LogP contribution in [0.5, 0.6) is 0 Å². The summed E-state index contributed by atoms with van der Waals surface area (Å²) in [6, 6.07) is 0. The van der Waals surface area contributed by atoms with Crippen LogP contribution in [0.15, 0.2) is 12.7 Å². The Morgan fingerprint density at radius 1 is 0.824 bits per heavy atom. The number of ether oxygens (including phenoxy) is 4. The van der Waals surface area contributed by atoms with Crippen molar-refractivity contribution in [3.63, 3.8) is 0 Å². The SMILES string of the molecule is C=CCOC(OCCO)(OCCO)OCCO. The van der Waals surface area contributed by atoms with Crippen LogP contribution in [0.3, 0.4) is 0 Å². The van der Waals surface area contributed by atoms with Crippen LogP contribution in [-0.4, -0.2) is 67.7 Å². The fourth-order valence-electron chi connectivity index (χ4n) is 0.923. The van der Waals surface area contributed by atoms with Gasteiger partial charge in [-0.05, 0) is 0 Å². The molecule has 0 spiro atoms. The van der Waals surface area contributed by atoms with Crippen molar-refractivity contribution in [2.75, 3.05) is 46.2 Å². The maximum Gasteiger partial charge on any atom is 0.413 e. The van der Waals surface area contributed by atoms with E-state index in [1.165, 1.54) is 6.08 Å². The summed E-state index contributed by atoms with van der Waals surface area (Å²) in [4.78, 5) is 0. The van der Waals surface area contributed by atoms with E-state index in [4.69, 9.17) is 34.3 Å². The maximum absolute atomic E-state index is 8.70. The summed E-state index contributed by atoms with van der Waals surface area (Å²) in [6.07, 6.45) is -0.385. The van der Waals surface area contributed by atoms with Gasteiger partial charge < -0.3 is 29.5 Å². The average molecular weight is 252 g/mol. The Hall–Kier alpha value is -0.540. The third kappa shape index (κ3) is 7.40. The van der Waals surface area contributed by atoms with Crippen LogP contribution in [0, 0.1) is 0 Å². The Bertz CT molecular complexity index is 164. The van der Waals surface area contributed by atoms with Crippen molar-refractivity contribution in [2.45, 2.75) is 6.16 Å². The maximum atomic E-state index is 8.70. The zero-order valence-corrected chi connectivity index (χ0v) is 9.71. The minimum Gasteiger partial charge on any atom is -0.394 e. The molecule has 0 atom stereocenters. The Labute approximate surface area is 100 Å². The molecule has 0 amide bonds. The van der Waals surface area contributed by atoms with Gasteiger partial charge in [-0.15, -0.1) is 6.58 Å². The van der Waals surface area contributed by atoms with E-state index in [1.807, 2.05) is 0 Å². The van der Waals surface area contributed by atoms with E-state index >= 15 is 0 Å². The molecule has 0 aromatic heterocycles. The van der Waals surface area contributed by atoms with Crippen LogP contribution in [0.25, 0.3) is 0 Å². The van der Waals surface area contributed by atoms with Gasteiger partial charge in [0.05, 0.1) is 46.2 Å². The quantitative estimate of drug-likeness (QED) is 0.297. The van der Waals surface area contributed by atoms with Crippen LogP contribution in [-0.2, 0) is 18.9 Å². The molecule has 0 aromatic carbocycles. The van der Waals surface area contributed by atoms with Crippen LogP contribution < -0.4 is 0 Å². The first-order chi connectivity index (χ1) is 8.24. The lowest BCUT2D eigenvalue weighted by Crippen LogP contribution is -2.44. The highest BCUT2D eigenvalue weighted by molar-refractivity contribution is 4.65. The summed E-state index contributed by atoms with van der Waals surface area (Å²) < 4.78 is 20.5. The van der Waals surface area contributed by atoms with E-state index in [1.54, 1.807) is 0 Å². The lowest BCUT2D eigenvalue weighted by atomic mass is 10.7. The molecule has 0 rings (SSSR count). The first-order valence-electron chi connectivity index (χ1n) is 5.24. The smallest absolute Gasteiger partial charge is 0.394 e. The normalized spacial score (nSPS) is 11.7. The summed E-state index contributed by atoms with van der Waals surface area (Å²) in [6.45, 7) is 2.59. The molecule has 17 heavy (non-hydrogen) atoms. The van der Waals surface area contributed by atoms with E-state index < -0.39 is 6.16 Å². The molecule has 0 bridgehead atoms. The minimum absolute atomic E-state index is 0.0754. The predicted octanol–water partition coefficient (Wildman–Crippen LogP) is -1.17. The zero-order valence-electron chi connectivity index (χ0n) is 9.71. The van der Waals surface area contributed by atoms with E-state index in [0.717, 1.165) is 0 Å². The van der Waals surface area contributed by atoms with Crippen molar-refractivity contribution in [2.24, 2.45) is 0 Å². The second kappa shape index (κ2) is 10.6. The Kier molecular flexibility index (Phi) is 10.3. The number of aliphatic hydroxyl groups is 3. The highest BCUT2D eigenvalue weighted by Gasteiger charge is 2.35. The molecule has 0 radical (unpaired) electrons. The Morgan fingerprint density at radius 2 is 1.24 bits per heavy atom. The third-order valence-corrected chi connectivity index (χ3v) is 1.49. The molecule has 0 saturated heterocycles. The van der Waals surface area contributed by atoms with Crippen LogP contribution >= 0.6 is 0 Å². The molecule has 7 nitrogen and oxygen atoms in total. The second-order valence-corrected chi connectivity index (χ2v) is 2.82. The van der Waals surface area contributed by atoms with Gasteiger partial charge in [-0.2, -0.15) is 0 Å². The van der Waals surface area contributed by atoms with Crippen molar-refractivity contribution in [1.29, 1.82) is 0 Å². The molecular weight excluding hydrogens is 232 g/mol. The van der Waals surface area contributed by atoms with Gasteiger partial charge in [-0.1, -0.05) is 6.08 Å². The van der Waals surface area contributed by atoms with Gasteiger partial charge in [0.25, 0.3) is 0 Å². The predicted molar refractivity (Wildman–Crippen MR) is 58.0 cm³/mol. The van der Waals surface area contributed by atoms with Gasteiger partial charge in [-0.3, -0.25) is 4.74 Å². The second-order valence-electron chi connectivity index (χ2n) is 2.82. The van der Waals surface area contributed by atoms with Crippen molar-refractivity contribution in [3.05, 3.63) is 12.7 Å². The van der Waals surface area contributed by atoms with E-state index in [-0.39, 0.29) is 46.2 Å². The van der Waals surface area contributed by atoms with Crippen molar-refractivity contribution < 1.29 is 34.3 Å². The summed E-state index contributed by atoms with van der Waals surface area (Å²) in [7, 11) is 0.